The van der Waals surface area contributed by atoms with Gasteiger partial charge in [0.25, 0.3) is 0 Å². The molecule has 124 valence electrons. The van der Waals surface area contributed by atoms with Crippen LogP contribution in [0.5, 0.6) is 0 Å². The number of likely N-dealkylation sites (tertiary alicyclic amines) is 1. The monoisotopic (exact) mass is 313 g/mol. The topological polar surface area (TPSA) is 41.3 Å². The number of piperidine rings is 1. The fourth-order valence-electron chi connectivity index (χ4n) is 3.46. The van der Waals surface area contributed by atoms with Crippen LogP contribution in [-0.2, 0) is 13.6 Å². The summed E-state index contributed by atoms with van der Waals surface area (Å²) in [7, 11) is 1.94. The van der Waals surface area contributed by atoms with Crippen LogP contribution in [0.2, 0.25) is 0 Å². The molecule has 0 unspecified atom stereocenters. The summed E-state index contributed by atoms with van der Waals surface area (Å²) in [6.07, 6.45) is 5.26. The summed E-state index contributed by atoms with van der Waals surface area (Å²) in [5, 5.41) is 10.6. The molecule has 2 aromatic rings. The summed E-state index contributed by atoms with van der Waals surface area (Å²) in [5.74, 6) is 1.10. The van der Waals surface area contributed by atoms with Crippen molar-refractivity contribution in [1.29, 1.82) is 0 Å². The maximum Gasteiger partial charge on any atom is 0.137 e. The molecule has 1 fully saturated rings. The molecule has 0 saturated carbocycles. The van der Waals surface area contributed by atoms with Gasteiger partial charge in [-0.25, -0.2) is 4.98 Å². The molecule has 4 heteroatoms. The molecule has 1 atom stereocenters. The third-order valence-electron chi connectivity index (χ3n) is 5.18. The van der Waals surface area contributed by atoms with Gasteiger partial charge in [-0.2, -0.15) is 0 Å². The van der Waals surface area contributed by atoms with E-state index in [9.17, 15) is 5.11 Å². The highest BCUT2D eigenvalue weighted by Gasteiger charge is 2.28. The van der Waals surface area contributed by atoms with E-state index < -0.39 is 6.10 Å². The second-order valence-electron chi connectivity index (χ2n) is 6.87. The van der Waals surface area contributed by atoms with E-state index in [0.29, 0.717) is 5.92 Å². The van der Waals surface area contributed by atoms with Crippen molar-refractivity contribution in [1.82, 2.24) is 14.5 Å². The Morgan fingerprint density at radius 3 is 2.57 bits per heavy atom. The number of aromatic nitrogens is 2. The Bertz CT molecular complexity index is 656. The Morgan fingerprint density at radius 2 is 1.96 bits per heavy atom. The Labute approximate surface area is 138 Å². The molecule has 1 aromatic heterocycles. The Morgan fingerprint density at radius 1 is 1.22 bits per heavy atom. The van der Waals surface area contributed by atoms with Gasteiger partial charge in [-0.1, -0.05) is 18.2 Å². The van der Waals surface area contributed by atoms with E-state index in [-0.39, 0.29) is 0 Å². The number of aryl methyl sites for hydroxylation is 3. The molecule has 0 amide bonds. The number of hydrogen-bond acceptors (Lipinski definition) is 3. The lowest BCUT2D eigenvalue weighted by Crippen LogP contribution is -2.35. The van der Waals surface area contributed by atoms with Gasteiger partial charge in [0.15, 0.2) is 0 Å². The van der Waals surface area contributed by atoms with Gasteiger partial charge in [0.2, 0.25) is 0 Å². The number of rotatable bonds is 4. The molecule has 0 radical (unpaired) electrons. The molecule has 3 rings (SSSR count). The van der Waals surface area contributed by atoms with E-state index in [1.165, 1.54) is 16.7 Å². The van der Waals surface area contributed by atoms with Crippen molar-refractivity contribution in [3.05, 3.63) is 53.1 Å². The second-order valence-corrected chi connectivity index (χ2v) is 6.87. The van der Waals surface area contributed by atoms with Crippen LogP contribution in [0.25, 0.3) is 0 Å². The lowest BCUT2D eigenvalue weighted by atomic mass is 9.90. The molecule has 23 heavy (non-hydrogen) atoms. The Hall–Kier alpha value is -1.65. The van der Waals surface area contributed by atoms with E-state index in [0.717, 1.165) is 38.3 Å². The van der Waals surface area contributed by atoms with Gasteiger partial charge in [0.05, 0.1) is 0 Å². The molecule has 0 spiro atoms. The van der Waals surface area contributed by atoms with E-state index in [2.05, 4.69) is 41.9 Å². The molecule has 1 aromatic carbocycles. The summed E-state index contributed by atoms with van der Waals surface area (Å²) in [6.45, 7) is 7.42. The summed E-state index contributed by atoms with van der Waals surface area (Å²) in [4.78, 5) is 6.79. The van der Waals surface area contributed by atoms with Gasteiger partial charge in [0, 0.05) is 26.0 Å². The van der Waals surface area contributed by atoms with Gasteiger partial charge in [-0.15, -0.1) is 0 Å². The quantitative estimate of drug-likeness (QED) is 0.943. The fraction of sp³-hybridized carbons (Fsp3) is 0.526. The molecular formula is C19H27N3O. The van der Waals surface area contributed by atoms with Crippen LogP contribution in [0, 0.1) is 19.8 Å². The highest BCUT2D eigenvalue weighted by molar-refractivity contribution is 5.29. The standard InChI is InChI=1S/C19H27N3O/c1-14-4-5-16(12-15(14)2)13-22-9-6-17(7-10-22)18(23)19-20-8-11-21(19)3/h4-5,8,11-12,17-18,23H,6-7,9-10,13H2,1-3H3/t18-/m1/s1. The predicted molar refractivity (Wildman–Crippen MR) is 92.1 cm³/mol. The predicted octanol–water partition coefficient (Wildman–Crippen LogP) is 2.98. The maximum atomic E-state index is 10.6. The minimum Gasteiger partial charge on any atom is -0.385 e. The third-order valence-corrected chi connectivity index (χ3v) is 5.18. The first kappa shape index (κ1) is 16.2. The number of benzene rings is 1. The number of nitrogens with zero attached hydrogens (tertiary/aromatic N) is 3. The molecule has 4 nitrogen and oxygen atoms in total. The number of imidazole rings is 1. The lowest BCUT2D eigenvalue weighted by Gasteiger charge is -2.34. The molecule has 1 aliphatic heterocycles. The van der Waals surface area contributed by atoms with Gasteiger partial charge in [-0.3, -0.25) is 4.90 Å². The van der Waals surface area contributed by atoms with Crippen LogP contribution in [0.4, 0.5) is 0 Å². The van der Waals surface area contributed by atoms with Gasteiger partial charge >= 0.3 is 0 Å². The number of aliphatic hydroxyl groups is 1. The first-order valence-electron chi connectivity index (χ1n) is 8.48. The van der Waals surface area contributed by atoms with Crippen molar-refractivity contribution in [3.63, 3.8) is 0 Å². The van der Waals surface area contributed by atoms with Crippen LogP contribution in [-0.4, -0.2) is 32.6 Å². The molecule has 1 saturated heterocycles. The summed E-state index contributed by atoms with van der Waals surface area (Å²) in [6, 6.07) is 6.74. The van der Waals surface area contributed by atoms with Crippen molar-refractivity contribution in [2.45, 2.75) is 39.3 Å². The highest BCUT2D eigenvalue weighted by atomic mass is 16.3. The zero-order valence-corrected chi connectivity index (χ0v) is 14.4. The zero-order chi connectivity index (χ0) is 16.4. The summed E-state index contributed by atoms with van der Waals surface area (Å²) < 4.78 is 1.92. The normalized spacial score (nSPS) is 18.3. The van der Waals surface area contributed by atoms with Crippen LogP contribution < -0.4 is 0 Å². The molecule has 1 N–H and O–H groups in total. The molecule has 2 heterocycles. The van der Waals surface area contributed by atoms with Crippen LogP contribution in [0.1, 0.15) is 41.5 Å². The first-order chi connectivity index (χ1) is 11.0. The van der Waals surface area contributed by atoms with Crippen molar-refractivity contribution in [3.8, 4) is 0 Å². The van der Waals surface area contributed by atoms with Gasteiger partial charge in [-0.05, 0) is 62.4 Å². The SMILES string of the molecule is Cc1ccc(CN2CCC([C@@H](O)c3nccn3C)CC2)cc1C. The smallest absolute Gasteiger partial charge is 0.137 e. The highest BCUT2D eigenvalue weighted by Crippen LogP contribution is 2.30. The minimum absolute atomic E-state index is 0.312. The minimum atomic E-state index is -0.446. The summed E-state index contributed by atoms with van der Waals surface area (Å²) >= 11 is 0. The van der Waals surface area contributed by atoms with E-state index in [1.807, 2.05) is 17.8 Å². The van der Waals surface area contributed by atoms with Crippen molar-refractivity contribution < 1.29 is 5.11 Å². The third kappa shape index (κ3) is 3.65. The molecule has 0 bridgehead atoms. The Kier molecular flexibility index (Phi) is 4.83. The average molecular weight is 313 g/mol. The lowest BCUT2D eigenvalue weighted by molar-refractivity contribution is 0.0492. The fourth-order valence-corrected chi connectivity index (χ4v) is 3.46. The summed E-state index contributed by atoms with van der Waals surface area (Å²) in [5.41, 5.74) is 4.10. The zero-order valence-electron chi connectivity index (χ0n) is 14.4. The van der Waals surface area contributed by atoms with Crippen LogP contribution in [0.15, 0.2) is 30.6 Å². The Balaban J connectivity index is 1.56. The number of hydrogen-bond donors (Lipinski definition) is 1. The maximum absolute atomic E-state index is 10.6. The van der Waals surface area contributed by atoms with E-state index >= 15 is 0 Å². The van der Waals surface area contributed by atoms with Crippen LogP contribution >= 0.6 is 0 Å². The largest absolute Gasteiger partial charge is 0.385 e. The molecule has 0 aliphatic carbocycles. The molecular weight excluding hydrogens is 286 g/mol. The van der Waals surface area contributed by atoms with Crippen molar-refractivity contribution in [2.24, 2.45) is 13.0 Å². The molecule has 1 aliphatic rings. The van der Waals surface area contributed by atoms with Gasteiger partial charge in [0.1, 0.15) is 11.9 Å². The van der Waals surface area contributed by atoms with E-state index in [1.54, 1.807) is 6.20 Å². The van der Waals surface area contributed by atoms with Crippen LogP contribution in [0.3, 0.4) is 0 Å². The number of aliphatic hydroxyl groups excluding tert-OH is 1. The van der Waals surface area contributed by atoms with E-state index in [4.69, 9.17) is 0 Å². The average Bonchev–Trinajstić information content (AvgIpc) is 2.97. The first-order valence-corrected chi connectivity index (χ1v) is 8.48. The second kappa shape index (κ2) is 6.85. The van der Waals surface area contributed by atoms with Crippen molar-refractivity contribution in [2.75, 3.05) is 13.1 Å². The van der Waals surface area contributed by atoms with Crippen molar-refractivity contribution >= 4 is 0 Å². The van der Waals surface area contributed by atoms with Gasteiger partial charge < -0.3 is 9.67 Å².